The fourth-order valence-corrected chi connectivity index (χ4v) is 5.51. The summed E-state index contributed by atoms with van der Waals surface area (Å²) in [5.41, 5.74) is 1.43. The highest BCUT2D eigenvalue weighted by molar-refractivity contribution is 7.90. The lowest BCUT2D eigenvalue weighted by Crippen LogP contribution is -2.29. The van der Waals surface area contributed by atoms with Crippen LogP contribution in [0.1, 0.15) is 58.6 Å². The molecule has 0 bridgehead atoms. The summed E-state index contributed by atoms with van der Waals surface area (Å²) < 4.78 is 59.3. The third-order valence-corrected chi connectivity index (χ3v) is 8.37. The number of hydrogen-bond acceptors (Lipinski definition) is 3. The lowest BCUT2D eigenvalue weighted by molar-refractivity contribution is 0.298. The van der Waals surface area contributed by atoms with E-state index in [0.717, 1.165) is 11.9 Å². The van der Waals surface area contributed by atoms with Gasteiger partial charge in [-0.3, -0.25) is 4.98 Å². The van der Waals surface area contributed by atoms with Crippen LogP contribution < -0.4 is 4.72 Å². The number of hydrogen-bond donors (Lipinski definition) is 1. The first-order valence-corrected chi connectivity index (χ1v) is 12.5. The Morgan fingerprint density at radius 2 is 1.97 bits per heavy atom. The molecule has 1 unspecified atom stereocenters. The van der Waals surface area contributed by atoms with E-state index in [1.54, 1.807) is 13.0 Å². The molecule has 0 amide bonds. The molecule has 5 nitrogen and oxygen atoms in total. The number of nitrogens with zero attached hydrogens (tertiary/aromatic N) is 2. The van der Waals surface area contributed by atoms with E-state index in [9.17, 15) is 12.8 Å². The summed E-state index contributed by atoms with van der Waals surface area (Å²) >= 11 is 0. The summed E-state index contributed by atoms with van der Waals surface area (Å²) in [7, 11) is -3.41. The molecule has 3 aromatic rings. The quantitative estimate of drug-likeness (QED) is 0.478. The number of nitrogens with one attached hydrogen (secondary N) is 1. The third-order valence-electron chi connectivity index (χ3n) is 6.34. The van der Waals surface area contributed by atoms with Crippen LogP contribution >= 0.6 is 0 Å². The van der Waals surface area contributed by atoms with Crippen LogP contribution in [0.15, 0.2) is 36.7 Å². The molecule has 172 valence electrons. The van der Waals surface area contributed by atoms with E-state index in [0.29, 0.717) is 30.3 Å². The minimum atomic E-state index is -3.41. The van der Waals surface area contributed by atoms with Crippen molar-refractivity contribution in [2.75, 3.05) is 0 Å². The molecule has 2 heterocycles. The highest BCUT2D eigenvalue weighted by Crippen LogP contribution is 2.36. The Morgan fingerprint density at radius 3 is 2.59 bits per heavy atom. The molecule has 32 heavy (non-hydrogen) atoms. The number of halogens is 2. The van der Waals surface area contributed by atoms with Gasteiger partial charge in [0.1, 0.15) is 17.3 Å². The van der Waals surface area contributed by atoms with Crippen LogP contribution in [0.3, 0.4) is 0 Å². The van der Waals surface area contributed by atoms with E-state index in [1.165, 1.54) is 24.4 Å². The normalized spacial score (nSPS) is 15.9. The Bertz CT molecular complexity index is 1260. The lowest BCUT2D eigenvalue weighted by Gasteiger charge is -2.24. The van der Waals surface area contributed by atoms with Crippen molar-refractivity contribution in [3.8, 4) is 11.3 Å². The molecule has 0 radical (unpaired) electrons. The highest BCUT2D eigenvalue weighted by Gasteiger charge is 2.37. The van der Waals surface area contributed by atoms with Crippen LogP contribution in [0.2, 0.25) is 0 Å². The summed E-state index contributed by atoms with van der Waals surface area (Å²) in [6.45, 7) is 8.81. The molecule has 1 aliphatic carbocycles. The van der Waals surface area contributed by atoms with E-state index in [-0.39, 0.29) is 21.9 Å². The second kappa shape index (κ2) is 8.23. The Morgan fingerprint density at radius 1 is 1.25 bits per heavy atom. The van der Waals surface area contributed by atoms with E-state index in [4.69, 9.17) is 0 Å². The monoisotopic (exact) mass is 461 g/mol. The second-order valence-electron chi connectivity index (χ2n) is 9.50. The molecule has 0 aliphatic heterocycles. The van der Waals surface area contributed by atoms with Crippen LogP contribution in [-0.4, -0.2) is 23.2 Å². The molecule has 0 spiro atoms. The first-order chi connectivity index (χ1) is 15.0. The van der Waals surface area contributed by atoms with Gasteiger partial charge < -0.3 is 4.57 Å². The van der Waals surface area contributed by atoms with Gasteiger partial charge in [-0.2, -0.15) is 0 Å². The maximum Gasteiger partial charge on any atom is 0.215 e. The Kier molecular flexibility index (Phi) is 5.88. The third kappa shape index (κ3) is 4.43. The number of fused-ring (bicyclic) bond motifs is 1. The zero-order valence-corrected chi connectivity index (χ0v) is 19.6. The van der Waals surface area contributed by atoms with Crippen molar-refractivity contribution in [2.45, 2.75) is 64.8 Å². The maximum atomic E-state index is 15.2. The standard InChI is InChI=1S/C24H29F2N3O2S/c1-5-24(3,4)14-29-13-19(15(2)28-32(30,31)16-8-9-16)17-11-21(26)18(12-22(17)29)23-20(25)7-6-10-27-23/h6-7,10-13,15-16,28H,5,8-9,14H2,1-4H3. The molecule has 8 heteroatoms. The zero-order valence-electron chi connectivity index (χ0n) is 18.8. The number of sulfonamides is 1. The predicted octanol–water partition coefficient (Wildman–Crippen LogP) is 5.56. The van der Waals surface area contributed by atoms with Crippen molar-refractivity contribution >= 4 is 20.9 Å². The van der Waals surface area contributed by atoms with Crippen molar-refractivity contribution in [2.24, 2.45) is 5.41 Å². The van der Waals surface area contributed by atoms with Gasteiger partial charge in [-0.15, -0.1) is 0 Å². The van der Waals surface area contributed by atoms with Gasteiger partial charge in [-0.05, 0) is 61.4 Å². The number of benzene rings is 1. The predicted molar refractivity (Wildman–Crippen MR) is 123 cm³/mol. The zero-order chi connectivity index (χ0) is 23.3. The van der Waals surface area contributed by atoms with E-state index < -0.39 is 27.7 Å². The van der Waals surface area contributed by atoms with Crippen molar-refractivity contribution < 1.29 is 17.2 Å². The molecule has 0 saturated heterocycles. The number of rotatable bonds is 8. The molecular weight excluding hydrogens is 432 g/mol. The number of aromatic nitrogens is 2. The average Bonchev–Trinajstić information content (AvgIpc) is 3.53. The SMILES string of the molecule is CCC(C)(C)Cn1cc(C(C)NS(=O)(=O)C2CC2)c2cc(F)c(-c3ncccc3F)cc21. The molecule has 1 saturated carbocycles. The van der Waals surface area contributed by atoms with Gasteiger partial charge in [0.05, 0.1) is 5.25 Å². The summed E-state index contributed by atoms with van der Waals surface area (Å²) in [5, 5.41) is 0.272. The minimum absolute atomic E-state index is 0.0369. The lowest BCUT2D eigenvalue weighted by atomic mass is 9.90. The first kappa shape index (κ1) is 22.9. The molecule has 1 fully saturated rings. The maximum absolute atomic E-state index is 15.2. The van der Waals surface area contributed by atoms with Gasteiger partial charge in [0.15, 0.2) is 0 Å². The Balaban J connectivity index is 1.86. The minimum Gasteiger partial charge on any atom is -0.347 e. The topological polar surface area (TPSA) is 64.0 Å². The van der Waals surface area contributed by atoms with Crippen molar-refractivity contribution in [3.05, 3.63) is 53.9 Å². The van der Waals surface area contributed by atoms with Gasteiger partial charge in [0, 0.05) is 41.4 Å². The summed E-state index contributed by atoms with van der Waals surface area (Å²) in [5.74, 6) is -1.19. The first-order valence-electron chi connectivity index (χ1n) is 11.0. The fraction of sp³-hybridized carbons (Fsp3) is 0.458. The second-order valence-corrected chi connectivity index (χ2v) is 11.5. The molecule has 1 N–H and O–H groups in total. The van der Waals surface area contributed by atoms with Gasteiger partial charge in [-0.25, -0.2) is 21.9 Å². The fourth-order valence-electron chi connectivity index (χ4n) is 3.94. The number of pyridine rings is 1. The summed E-state index contributed by atoms with van der Waals surface area (Å²) in [6, 6.07) is 5.18. The van der Waals surface area contributed by atoms with Crippen molar-refractivity contribution in [3.63, 3.8) is 0 Å². The summed E-state index contributed by atoms with van der Waals surface area (Å²) in [6.07, 6.45) is 5.58. The van der Waals surface area contributed by atoms with Crippen molar-refractivity contribution in [1.82, 2.24) is 14.3 Å². The van der Waals surface area contributed by atoms with Gasteiger partial charge in [0.2, 0.25) is 10.0 Å². The molecular formula is C24H29F2N3O2S. The smallest absolute Gasteiger partial charge is 0.215 e. The molecule has 4 rings (SSSR count). The van der Waals surface area contributed by atoms with Gasteiger partial charge >= 0.3 is 0 Å². The molecule has 1 aliphatic rings. The molecule has 1 aromatic carbocycles. The largest absolute Gasteiger partial charge is 0.347 e. The molecule has 1 atom stereocenters. The van der Waals surface area contributed by atoms with E-state index >= 15 is 4.39 Å². The van der Waals surface area contributed by atoms with Crippen LogP contribution in [0.25, 0.3) is 22.2 Å². The van der Waals surface area contributed by atoms with Crippen LogP contribution in [0.5, 0.6) is 0 Å². The Hall–Kier alpha value is -2.32. The molecule has 2 aromatic heterocycles. The highest BCUT2D eigenvalue weighted by atomic mass is 32.2. The van der Waals surface area contributed by atoms with Crippen LogP contribution in [0.4, 0.5) is 8.78 Å². The van der Waals surface area contributed by atoms with Crippen LogP contribution in [0, 0.1) is 17.0 Å². The van der Waals surface area contributed by atoms with Crippen LogP contribution in [-0.2, 0) is 16.6 Å². The Labute approximate surface area is 187 Å². The van der Waals surface area contributed by atoms with E-state index in [1.807, 2.05) is 10.8 Å². The van der Waals surface area contributed by atoms with Gasteiger partial charge in [-0.1, -0.05) is 20.8 Å². The van der Waals surface area contributed by atoms with E-state index in [2.05, 4.69) is 30.5 Å². The van der Waals surface area contributed by atoms with Crippen molar-refractivity contribution in [1.29, 1.82) is 0 Å². The van der Waals surface area contributed by atoms with Gasteiger partial charge in [0.25, 0.3) is 0 Å². The average molecular weight is 462 g/mol. The summed E-state index contributed by atoms with van der Waals surface area (Å²) in [4.78, 5) is 4.04.